The largest absolute Gasteiger partial charge is 0.478 e. The normalized spacial score (nSPS) is 17.1. The highest BCUT2D eigenvalue weighted by atomic mass is 32.2. The smallest absolute Gasteiger partial charge is 0.335 e. The van der Waals surface area contributed by atoms with Crippen LogP contribution in [0.4, 0.5) is 0 Å². The molecule has 0 radical (unpaired) electrons. The van der Waals surface area contributed by atoms with Crippen LogP contribution in [0.3, 0.4) is 0 Å². The molecule has 0 amide bonds. The standard InChI is InChI=1S/C14H19NO5S/c1-10(2)12-4-3-11(14(16)17)9-13(12)21(18,19)15-5-7-20-8-6-15/h3-4,9-10H,5-8H2,1-2H3,(H,16,17). The summed E-state index contributed by atoms with van der Waals surface area (Å²) < 4.78 is 32.1. The van der Waals surface area contributed by atoms with Gasteiger partial charge in [-0.15, -0.1) is 0 Å². The molecule has 1 saturated heterocycles. The molecule has 2 rings (SSSR count). The minimum atomic E-state index is -3.70. The van der Waals surface area contributed by atoms with Gasteiger partial charge in [-0.25, -0.2) is 13.2 Å². The fourth-order valence-corrected chi connectivity index (χ4v) is 4.08. The minimum absolute atomic E-state index is 0.0151. The second kappa shape index (κ2) is 6.13. The molecule has 1 aromatic carbocycles. The lowest BCUT2D eigenvalue weighted by atomic mass is 10.0. The van der Waals surface area contributed by atoms with Crippen LogP contribution >= 0.6 is 0 Å². The first kappa shape index (κ1) is 15.9. The van der Waals surface area contributed by atoms with Crippen molar-refractivity contribution < 1.29 is 23.1 Å². The van der Waals surface area contributed by atoms with E-state index in [1.165, 1.54) is 16.4 Å². The Labute approximate surface area is 124 Å². The number of nitrogens with zero attached hydrogens (tertiary/aromatic N) is 1. The Balaban J connectivity index is 2.53. The Hall–Kier alpha value is -1.44. The van der Waals surface area contributed by atoms with Crippen LogP contribution < -0.4 is 0 Å². The summed E-state index contributed by atoms with van der Waals surface area (Å²) in [5, 5.41) is 9.09. The number of ether oxygens (including phenoxy) is 1. The van der Waals surface area contributed by atoms with Gasteiger partial charge in [0.2, 0.25) is 10.0 Å². The highest BCUT2D eigenvalue weighted by Gasteiger charge is 2.29. The SMILES string of the molecule is CC(C)c1ccc(C(=O)O)cc1S(=O)(=O)N1CCOCC1. The molecule has 0 aliphatic carbocycles. The third-order valence-electron chi connectivity index (χ3n) is 3.47. The van der Waals surface area contributed by atoms with E-state index in [4.69, 9.17) is 9.84 Å². The number of sulfonamides is 1. The van der Waals surface area contributed by atoms with Crippen molar-refractivity contribution in [3.63, 3.8) is 0 Å². The summed E-state index contributed by atoms with van der Waals surface area (Å²) in [5.41, 5.74) is 0.609. The Morgan fingerprint density at radius 2 is 1.90 bits per heavy atom. The lowest BCUT2D eigenvalue weighted by molar-refractivity contribution is 0.0696. The number of hydrogen-bond donors (Lipinski definition) is 1. The van der Waals surface area contributed by atoms with E-state index in [0.717, 1.165) is 0 Å². The van der Waals surface area contributed by atoms with Crippen LogP contribution in [0.5, 0.6) is 0 Å². The summed E-state index contributed by atoms with van der Waals surface area (Å²) in [6, 6.07) is 4.28. The molecular formula is C14H19NO5S. The molecule has 7 heteroatoms. The van der Waals surface area contributed by atoms with E-state index in [9.17, 15) is 13.2 Å². The van der Waals surface area contributed by atoms with Gasteiger partial charge in [0, 0.05) is 13.1 Å². The topological polar surface area (TPSA) is 83.9 Å². The Bertz CT molecular complexity index is 633. The number of aromatic carboxylic acids is 1. The van der Waals surface area contributed by atoms with Crippen LogP contribution in [-0.2, 0) is 14.8 Å². The van der Waals surface area contributed by atoms with Crippen molar-refractivity contribution in [2.24, 2.45) is 0 Å². The maximum atomic E-state index is 12.8. The summed E-state index contributed by atoms with van der Waals surface area (Å²) in [6.07, 6.45) is 0. The van der Waals surface area contributed by atoms with Crippen molar-refractivity contribution in [3.05, 3.63) is 29.3 Å². The maximum Gasteiger partial charge on any atom is 0.335 e. The third-order valence-corrected chi connectivity index (χ3v) is 5.42. The Kier molecular flexibility index (Phi) is 4.65. The van der Waals surface area contributed by atoms with Crippen molar-refractivity contribution in [2.45, 2.75) is 24.7 Å². The molecule has 0 unspecified atom stereocenters. The van der Waals surface area contributed by atoms with Crippen molar-refractivity contribution in [1.29, 1.82) is 0 Å². The minimum Gasteiger partial charge on any atom is -0.478 e. The third kappa shape index (κ3) is 3.25. The van der Waals surface area contributed by atoms with Crippen LogP contribution in [0, 0.1) is 0 Å². The average molecular weight is 313 g/mol. The molecule has 0 bridgehead atoms. The molecule has 21 heavy (non-hydrogen) atoms. The fraction of sp³-hybridized carbons (Fsp3) is 0.500. The lowest BCUT2D eigenvalue weighted by Crippen LogP contribution is -2.41. The van der Waals surface area contributed by atoms with Gasteiger partial charge in [-0.05, 0) is 23.6 Å². The van der Waals surface area contributed by atoms with Crippen molar-refractivity contribution in [3.8, 4) is 0 Å². The molecule has 1 aliphatic heterocycles. The van der Waals surface area contributed by atoms with Gasteiger partial charge in [-0.3, -0.25) is 0 Å². The molecule has 1 aromatic rings. The Morgan fingerprint density at radius 1 is 1.29 bits per heavy atom. The van der Waals surface area contributed by atoms with Crippen LogP contribution in [0.1, 0.15) is 35.7 Å². The van der Waals surface area contributed by atoms with E-state index in [2.05, 4.69) is 0 Å². The van der Waals surface area contributed by atoms with Crippen LogP contribution in [0.15, 0.2) is 23.1 Å². The van der Waals surface area contributed by atoms with Crippen molar-refractivity contribution in [2.75, 3.05) is 26.3 Å². The highest BCUT2D eigenvalue weighted by Crippen LogP contribution is 2.28. The van der Waals surface area contributed by atoms with Gasteiger partial charge in [0.25, 0.3) is 0 Å². The molecule has 0 spiro atoms. The predicted octanol–water partition coefficient (Wildman–Crippen LogP) is 1.53. The summed E-state index contributed by atoms with van der Waals surface area (Å²) in [6.45, 7) is 5.06. The summed E-state index contributed by atoms with van der Waals surface area (Å²) in [7, 11) is -3.70. The van der Waals surface area contributed by atoms with E-state index in [-0.39, 0.29) is 29.5 Å². The zero-order chi connectivity index (χ0) is 15.6. The van der Waals surface area contributed by atoms with Gasteiger partial charge >= 0.3 is 5.97 Å². The molecule has 1 aliphatic rings. The van der Waals surface area contributed by atoms with Gasteiger partial charge in [0.1, 0.15) is 0 Å². The van der Waals surface area contributed by atoms with E-state index < -0.39 is 16.0 Å². The van der Waals surface area contributed by atoms with Gasteiger partial charge < -0.3 is 9.84 Å². The number of morpholine rings is 1. The fourth-order valence-electron chi connectivity index (χ4n) is 2.29. The number of rotatable bonds is 4. The molecule has 0 saturated carbocycles. The zero-order valence-electron chi connectivity index (χ0n) is 12.1. The van der Waals surface area contributed by atoms with Gasteiger partial charge in [-0.1, -0.05) is 19.9 Å². The first-order valence-electron chi connectivity index (χ1n) is 6.79. The molecule has 0 atom stereocenters. The summed E-state index contributed by atoms with van der Waals surface area (Å²) in [4.78, 5) is 11.2. The molecule has 1 heterocycles. The monoisotopic (exact) mass is 313 g/mol. The molecule has 116 valence electrons. The first-order chi connectivity index (χ1) is 9.84. The van der Waals surface area contributed by atoms with E-state index >= 15 is 0 Å². The Morgan fingerprint density at radius 3 is 2.43 bits per heavy atom. The summed E-state index contributed by atoms with van der Waals surface area (Å²) in [5.74, 6) is -1.15. The lowest BCUT2D eigenvalue weighted by Gasteiger charge is -2.27. The van der Waals surface area contributed by atoms with E-state index in [1.54, 1.807) is 6.07 Å². The quantitative estimate of drug-likeness (QED) is 0.911. The molecule has 6 nitrogen and oxygen atoms in total. The number of carbonyl (C=O) groups is 1. The summed E-state index contributed by atoms with van der Waals surface area (Å²) >= 11 is 0. The van der Waals surface area contributed by atoms with E-state index in [0.29, 0.717) is 18.8 Å². The highest BCUT2D eigenvalue weighted by molar-refractivity contribution is 7.89. The van der Waals surface area contributed by atoms with Crippen LogP contribution in [0.25, 0.3) is 0 Å². The molecular weight excluding hydrogens is 294 g/mol. The second-order valence-electron chi connectivity index (χ2n) is 5.23. The second-order valence-corrected chi connectivity index (χ2v) is 7.14. The number of hydrogen-bond acceptors (Lipinski definition) is 4. The van der Waals surface area contributed by atoms with Crippen molar-refractivity contribution >= 4 is 16.0 Å². The van der Waals surface area contributed by atoms with Crippen LogP contribution in [0.2, 0.25) is 0 Å². The van der Waals surface area contributed by atoms with Crippen LogP contribution in [-0.4, -0.2) is 50.1 Å². The van der Waals surface area contributed by atoms with Gasteiger partial charge in [-0.2, -0.15) is 4.31 Å². The van der Waals surface area contributed by atoms with Gasteiger partial charge in [0.15, 0.2) is 0 Å². The number of benzene rings is 1. The predicted molar refractivity (Wildman–Crippen MR) is 77.1 cm³/mol. The average Bonchev–Trinajstić information content (AvgIpc) is 2.47. The first-order valence-corrected chi connectivity index (χ1v) is 8.23. The number of carboxylic acids is 1. The maximum absolute atomic E-state index is 12.8. The van der Waals surface area contributed by atoms with Crippen molar-refractivity contribution in [1.82, 2.24) is 4.31 Å². The van der Waals surface area contributed by atoms with E-state index in [1.807, 2.05) is 13.8 Å². The zero-order valence-corrected chi connectivity index (χ0v) is 12.9. The molecule has 1 fully saturated rings. The number of carboxylic acid groups (broad SMARTS) is 1. The molecule has 1 N–H and O–H groups in total. The van der Waals surface area contributed by atoms with Gasteiger partial charge in [0.05, 0.1) is 23.7 Å². The molecule has 0 aromatic heterocycles.